The molecule has 0 aliphatic rings. The number of aliphatic hydroxyl groups excluding tert-OH is 1. The molecular weight excluding hydrogens is 307 g/mol. The van der Waals surface area contributed by atoms with Crippen molar-refractivity contribution in [3.8, 4) is 11.6 Å². The smallest absolute Gasteiger partial charge is 0.237 e. The average Bonchev–Trinajstić information content (AvgIpc) is 2.34. The Hall–Kier alpha value is -1.17. The molecule has 0 aliphatic carbocycles. The maximum absolute atomic E-state index is 8.82. The third-order valence-corrected chi connectivity index (χ3v) is 2.74. The molecule has 0 fully saturated rings. The van der Waals surface area contributed by atoms with Crippen molar-refractivity contribution >= 4 is 27.5 Å². The third kappa shape index (κ3) is 3.15. The molecule has 0 amide bonds. The van der Waals surface area contributed by atoms with Crippen molar-refractivity contribution in [1.29, 1.82) is 0 Å². The lowest BCUT2D eigenvalue weighted by atomic mass is 10.3. The number of aliphatic hydroxyl groups is 1. The Labute approximate surface area is 111 Å². The van der Waals surface area contributed by atoms with Crippen molar-refractivity contribution in [3.05, 3.63) is 45.8 Å². The summed E-state index contributed by atoms with van der Waals surface area (Å²) in [6, 6.07) is 5.27. The number of benzene rings is 1. The summed E-state index contributed by atoms with van der Waals surface area (Å²) in [5.74, 6) is 0.826. The van der Waals surface area contributed by atoms with E-state index in [1.54, 1.807) is 12.1 Å². The van der Waals surface area contributed by atoms with Gasteiger partial charge in [-0.15, -0.1) is 0 Å². The van der Waals surface area contributed by atoms with Gasteiger partial charge in [-0.05, 0) is 18.2 Å². The van der Waals surface area contributed by atoms with Crippen molar-refractivity contribution in [2.45, 2.75) is 6.61 Å². The van der Waals surface area contributed by atoms with Crippen molar-refractivity contribution in [1.82, 2.24) is 9.97 Å². The van der Waals surface area contributed by atoms with E-state index in [4.69, 9.17) is 21.4 Å². The van der Waals surface area contributed by atoms with Crippen LogP contribution in [0.1, 0.15) is 5.69 Å². The lowest BCUT2D eigenvalue weighted by molar-refractivity contribution is 0.276. The molecule has 0 aliphatic heterocycles. The fraction of sp³-hybridized carbons (Fsp3) is 0.0909. The topological polar surface area (TPSA) is 55.2 Å². The van der Waals surface area contributed by atoms with Crippen molar-refractivity contribution in [3.63, 3.8) is 0 Å². The van der Waals surface area contributed by atoms with E-state index in [-0.39, 0.29) is 6.61 Å². The summed E-state index contributed by atoms with van der Waals surface area (Å²) in [5.41, 5.74) is 0.485. The molecular formula is C11H8BrClN2O2. The van der Waals surface area contributed by atoms with E-state index < -0.39 is 0 Å². The number of hydrogen-bond donors (Lipinski definition) is 1. The molecule has 0 bridgehead atoms. The summed E-state index contributed by atoms with van der Waals surface area (Å²) in [7, 11) is 0. The van der Waals surface area contributed by atoms with Gasteiger partial charge in [-0.2, -0.15) is 0 Å². The monoisotopic (exact) mass is 314 g/mol. The van der Waals surface area contributed by atoms with E-state index in [1.165, 1.54) is 12.4 Å². The van der Waals surface area contributed by atoms with Crippen molar-refractivity contribution < 1.29 is 9.84 Å². The lowest BCUT2D eigenvalue weighted by Gasteiger charge is -2.06. The van der Waals surface area contributed by atoms with Gasteiger partial charge in [-0.1, -0.05) is 27.5 Å². The normalized spacial score (nSPS) is 10.3. The van der Waals surface area contributed by atoms with E-state index in [9.17, 15) is 0 Å². The minimum absolute atomic E-state index is 0.147. The van der Waals surface area contributed by atoms with Crippen LogP contribution in [0.2, 0.25) is 5.02 Å². The fourth-order valence-corrected chi connectivity index (χ4v) is 1.86. The second kappa shape index (κ2) is 5.44. The molecule has 1 aromatic heterocycles. The largest absolute Gasteiger partial charge is 0.436 e. The highest BCUT2D eigenvalue weighted by Gasteiger charge is 2.05. The minimum Gasteiger partial charge on any atom is -0.436 e. The Morgan fingerprint density at radius 3 is 2.71 bits per heavy atom. The van der Waals surface area contributed by atoms with Gasteiger partial charge in [0.25, 0.3) is 0 Å². The number of aromatic nitrogens is 2. The highest BCUT2D eigenvalue weighted by atomic mass is 79.9. The van der Waals surface area contributed by atoms with Crippen molar-refractivity contribution in [2.75, 3.05) is 0 Å². The first-order chi connectivity index (χ1) is 8.19. The molecule has 2 aromatic rings. The van der Waals surface area contributed by atoms with Gasteiger partial charge >= 0.3 is 0 Å². The van der Waals surface area contributed by atoms with E-state index in [1.807, 2.05) is 6.07 Å². The van der Waals surface area contributed by atoms with Gasteiger partial charge in [0.05, 0.1) is 29.7 Å². The maximum atomic E-state index is 8.82. The zero-order valence-electron chi connectivity index (χ0n) is 8.60. The molecule has 1 heterocycles. The van der Waals surface area contributed by atoms with E-state index in [2.05, 4.69) is 25.9 Å². The highest BCUT2D eigenvalue weighted by Crippen LogP contribution is 2.30. The molecule has 0 saturated carbocycles. The van der Waals surface area contributed by atoms with Gasteiger partial charge in [-0.25, -0.2) is 4.98 Å². The Morgan fingerprint density at radius 2 is 2.12 bits per heavy atom. The summed E-state index contributed by atoms with van der Waals surface area (Å²) >= 11 is 9.30. The van der Waals surface area contributed by atoms with Crippen LogP contribution in [0.5, 0.6) is 11.6 Å². The summed E-state index contributed by atoms with van der Waals surface area (Å²) in [6.45, 7) is -0.147. The summed E-state index contributed by atoms with van der Waals surface area (Å²) in [4.78, 5) is 7.94. The predicted octanol–water partition coefficient (Wildman–Crippen LogP) is 3.18. The molecule has 0 atom stereocenters. The zero-order chi connectivity index (χ0) is 12.3. The summed E-state index contributed by atoms with van der Waals surface area (Å²) in [5, 5.41) is 9.30. The molecule has 0 saturated heterocycles. The number of rotatable bonds is 3. The molecule has 6 heteroatoms. The van der Waals surface area contributed by atoms with Gasteiger partial charge in [0.2, 0.25) is 5.88 Å². The lowest BCUT2D eigenvalue weighted by Crippen LogP contribution is -1.94. The van der Waals surface area contributed by atoms with Crippen LogP contribution in [0.25, 0.3) is 0 Å². The second-order valence-corrected chi connectivity index (χ2v) is 4.50. The zero-order valence-corrected chi connectivity index (χ0v) is 10.9. The summed E-state index contributed by atoms with van der Waals surface area (Å²) in [6.07, 6.45) is 2.88. The Bertz CT molecular complexity index is 519. The molecule has 88 valence electrons. The van der Waals surface area contributed by atoms with Gasteiger partial charge in [0.15, 0.2) is 0 Å². The molecule has 1 aromatic carbocycles. The van der Waals surface area contributed by atoms with Crippen LogP contribution >= 0.6 is 27.5 Å². The van der Waals surface area contributed by atoms with Crippen LogP contribution < -0.4 is 4.74 Å². The first-order valence-electron chi connectivity index (χ1n) is 4.73. The summed E-state index contributed by atoms with van der Waals surface area (Å²) < 4.78 is 6.33. The molecule has 0 radical (unpaired) electrons. The number of hydrogen-bond acceptors (Lipinski definition) is 4. The van der Waals surface area contributed by atoms with Crippen LogP contribution in [0, 0.1) is 0 Å². The fourth-order valence-electron chi connectivity index (χ4n) is 1.15. The van der Waals surface area contributed by atoms with E-state index >= 15 is 0 Å². The molecule has 17 heavy (non-hydrogen) atoms. The van der Waals surface area contributed by atoms with E-state index in [0.717, 1.165) is 4.47 Å². The van der Waals surface area contributed by atoms with Crippen LogP contribution in [-0.4, -0.2) is 15.1 Å². The van der Waals surface area contributed by atoms with Gasteiger partial charge in [-0.3, -0.25) is 4.98 Å². The Balaban J connectivity index is 2.19. The first kappa shape index (κ1) is 12.3. The number of ether oxygens (including phenoxy) is 1. The Kier molecular flexibility index (Phi) is 3.93. The molecule has 1 N–H and O–H groups in total. The van der Waals surface area contributed by atoms with E-state index in [0.29, 0.717) is 22.3 Å². The minimum atomic E-state index is -0.147. The van der Waals surface area contributed by atoms with Crippen LogP contribution in [0.4, 0.5) is 0 Å². The van der Waals surface area contributed by atoms with Crippen LogP contribution in [0.15, 0.2) is 35.1 Å². The number of nitrogens with zero attached hydrogens (tertiary/aromatic N) is 2. The average molecular weight is 316 g/mol. The van der Waals surface area contributed by atoms with Gasteiger partial charge in [0, 0.05) is 4.47 Å². The highest BCUT2D eigenvalue weighted by molar-refractivity contribution is 9.10. The van der Waals surface area contributed by atoms with Crippen LogP contribution in [0.3, 0.4) is 0 Å². The molecule has 0 unspecified atom stereocenters. The van der Waals surface area contributed by atoms with Crippen LogP contribution in [-0.2, 0) is 6.61 Å². The standard InChI is InChI=1S/C11H8BrClN2O2/c12-7-1-2-10(9(13)3-7)17-11-5-14-8(6-16)4-15-11/h1-5,16H,6H2. The number of halogens is 2. The van der Waals surface area contributed by atoms with Gasteiger partial charge < -0.3 is 9.84 Å². The molecule has 4 nitrogen and oxygen atoms in total. The van der Waals surface area contributed by atoms with Gasteiger partial charge in [0.1, 0.15) is 5.75 Å². The molecule has 0 spiro atoms. The van der Waals surface area contributed by atoms with Crippen molar-refractivity contribution in [2.24, 2.45) is 0 Å². The predicted molar refractivity (Wildman–Crippen MR) is 67.2 cm³/mol. The second-order valence-electron chi connectivity index (χ2n) is 3.18. The first-order valence-corrected chi connectivity index (χ1v) is 5.91. The third-order valence-electron chi connectivity index (χ3n) is 1.95. The Morgan fingerprint density at radius 1 is 1.29 bits per heavy atom. The quantitative estimate of drug-likeness (QED) is 0.945. The maximum Gasteiger partial charge on any atom is 0.237 e. The SMILES string of the molecule is OCc1cnc(Oc2ccc(Br)cc2Cl)cn1. The molecule has 2 rings (SSSR count).